The quantitative estimate of drug-likeness (QED) is 0.676. The number of carbonyl (C=O) groups is 2. The number of amides is 1. The molecule has 4 nitrogen and oxygen atoms in total. The summed E-state index contributed by atoms with van der Waals surface area (Å²) in [7, 11) is 0. The van der Waals surface area contributed by atoms with Gasteiger partial charge in [0.05, 0.1) is 17.7 Å². The SMILES string of the molecule is O=C(Cc1ccc(-c2ccccc2)cc1)Nc1cc(Cl)ccc1C(=O)O. The Morgan fingerprint density at radius 2 is 1.54 bits per heavy atom. The van der Waals surface area contributed by atoms with Crippen molar-refractivity contribution in [3.05, 3.63) is 88.9 Å². The van der Waals surface area contributed by atoms with E-state index in [4.69, 9.17) is 11.6 Å². The first kappa shape index (κ1) is 17.7. The number of carbonyl (C=O) groups excluding carboxylic acids is 1. The molecule has 0 aromatic heterocycles. The van der Waals surface area contributed by atoms with Gasteiger partial charge in [-0.2, -0.15) is 0 Å². The normalized spacial score (nSPS) is 10.3. The molecule has 0 aliphatic heterocycles. The minimum Gasteiger partial charge on any atom is -0.478 e. The highest BCUT2D eigenvalue weighted by Gasteiger charge is 2.13. The zero-order chi connectivity index (χ0) is 18.5. The van der Waals surface area contributed by atoms with Crippen LogP contribution in [0.15, 0.2) is 72.8 Å². The van der Waals surface area contributed by atoms with Gasteiger partial charge in [-0.25, -0.2) is 4.79 Å². The van der Waals surface area contributed by atoms with Crippen LogP contribution in [-0.4, -0.2) is 17.0 Å². The van der Waals surface area contributed by atoms with Gasteiger partial charge in [-0.15, -0.1) is 0 Å². The van der Waals surface area contributed by atoms with Gasteiger partial charge < -0.3 is 10.4 Å². The summed E-state index contributed by atoms with van der Waals surface area (Å²) in [5, 5.41) is 12.2. The number of carboxylic acid groups (broad SMARTS) is 1. The average molecular weight is 366 g/mol. The molecule has 130 valence electrons. The van der Waals surface area contributed by atoms with Crippen LogP contribution in [0.4, 0.5) is 5.69 Å². The van der Waals surface area contributed by atoms with Gasteiger partial charge in [0.15, 0.2) is 0 Å². The molecule has 3 rings (SSSR count). The van der Waals surface area contributed by atoms with Crippen molar-refractivity contribution in [2.24, 2.45) is 0 Å². The van der Waals surface area contributed by atoms with Gasteiger partial charge in [0, 0.05) is 5.02 Å². The Labute approximate surface area is 156 Å². The van der Waals surface area contributed by atoms with Crippen molar-refractivity contribution in [3.8, 4) is 11.1 Å². The maximum atomic E-state index is 12.3. The van der Waals surface area contributed by atoms with Crippen LogP contribution in [0, 0.1) is 0 Å². The molecule has 26 heavy (non-hydrogen) atoms. The Morgan fingerprint density at radius 3 is 2.19 bits per heavy atom. The highest BCUT2D eigenvalue weighted by molar-refractivity contribution is 6.31. The number of hydrogen-bond acceptors (Lipinski definition) is 2. The van der Waals surface area contributed by atoms with Crippen LogP contribution < -0.4 is 5.32 Å². The van der Waals surface area contributed by atoms with Crippen LogP contribution >= 0.6 is 11.6 Å². The maximum Gasteiger partial charge on any atom is 0.337 e. The first-order valence-electron chi connectivity index (χ1n) is 8.00. The molecule has 0 fully saturated rings. The summed E-state index contributed by atoms with van der Waals surface area (Å²) in [6, 6.07) is 21.9. The molecule has 3 aromatic carbocycles. The third-order valence-corrected chi connectivity index (χ3v) is 4.15. The lowest BCUT2D eigenvalue weighted by Gasteiger charge is -2.09. The third kappa shape index (κ3) is 4.29. The van der Waals surface area contributed by atoms with Crippen LogP contribution in [0.5, 0.6) is 0 Å². The van der Waals surface area contributed by atoms with Crippen LogP contribution in [0.25, 0.3) is 11.1 Å². The highest BCUT2D eigenvalue weighted by Crippen LogP contribution is 2.22. The molecule has 0 saturated heterocycles. The summed E-state index contributed by atoms with van der Waals surface area (Å²) in [5.74, 6) is -1.42. The summed E-state index contributed by atoms with van der Waals surface area (Å²) < 4.78 is 0. The van der Waals surface area contributed by atoms with Crippen molar-refractivity contribution in [1.29, 1.82) is 0 Å². The number of carboxylic acids is 1. The Kier molecular flexibility index (Phi) is 5.34. The fraction of sp³-hybridized carbons (Fsp3) is 0.0476. The predicted molar refractivity (Wildman–Crippen MR) is 103 cm³/mol. The topological polar surface area (TPSA) is 66.4 Å². The number of hydrogen-bond donors (Lipinski definition) is 2. The van der Waals surface area contributed by atoms with Crippen molar-refractivity contribution >= 4 is 29.2 Å². The second-order valence-electron chi connectivity index (χ2n) is 5.78. The molecule has 0 spiro atoms. The van der Waals surface area contributed by atoms with Crippen molar-refractivity contribution in [3.63, 3.8) is 0 Å². The maximum absolute atomic E-state index is 12.3. The van der Waals surface area contributed by atoms with E-state index in [2.05, 4.69) is 5.32 Å². The summed E-state index contributed by atoms with van der Waals surface area (Å²) >= 11 is 5.90. The van der Waals surface area contributed by atoms with Crippen molar-refractivity contribution in [1.82, 2.24) is 0 Å². The standard InChI is InChI=1S/C21H16ClNO3/c22-17-10-11-18(21(25)26)19(13-17)23-20(24)12-14-6-8-16(9-7-14)15-4-2-1-3-5-15/h1-11,13H,12H2,(H,23,24)(H,25,26). The third-order valence-electron chi connectivity index (χ3n) is 3.91. The van der Waals surface area contributed by atoms with Crippen LogP contribution in [0.2, 0.25) is 5.02 Å². The molecular formula is C21H16ClNO3. The van der Waals surface area contributed by atoms with Gasteiger partial charge in [-0.05, 0) is 34.9 Å². The van der Waals surface area contributed by atoms with E-state index < -0.39 is 5.97 Å². The van der Waals surface area contributed by atoms with Crippen LogP contribution in [0.3, 0.4) is 0 Å². The number of nitrogens with one attached hydrogen (secondary N) is 1. The zero-order valence-corrected chi connectivity index (χ0v) is 14.5. The van der Waals surface area contributed by atoms with E-state index in [1.807, 2.05) is 54.6 Å². The molecule has 0 bridgehead atoms. The second kappa shape index (κ2) is 7.85. The van der Waals surface area contributed by atoms with Crippen LogP contribution in [-0.2, 0) is 11.2 Å². The highest BCUT2D eigenvalue weighted by atomic mass is 35.5. The Morgan fingerprint density at radius 1 is 0.885 bits per heavy atom. The summed E-state index contributed by atoms with van der Waals surface area (Å²) in [6.07, 6.45) is 0.140. The first-order chi connectivity index (χ1) is 12.5. The molecule has 0 radical (unpaired) electrons. The molecule has 0 heterocycles. The second-order valence-corrected chi connectivity index (χ2v) is 6.22. The summed E-state index contributed by atoms with van der Waals surface area (Å²) in [5.41, 5.74) is 3.20. The molecule has 0 saturated carbocycles. The van der Waals surface area contributed by atoms with Gasteiger partial charge in [0.1, 0.15) is 0 Å². The lowest BCUT2D eigenvalue weighted by atomic mass is 10.0. The number of halogens is 1. The Hall–Kier alpha value is -3.11. The van der Waals surface area contributed by atoms with E-state index in [-0.39, 0.29) is 23.6 Å². The predicted octanol–water partition coefficient (Wildman–Crippen LogP) is 4.89. The lowest BCUT2D eigenvalue weighted by molar-refractivity contribution is -0.115. The molecule has 3 aromatic rings. The average Bonchev–Trinajstić information content (AvgIpc) is 2.63. The fourth-order valence-electron chi connectivity index (χ4n) is 2.63. The number of aromatic carboxylic acids is 1. The van der Waals surface area contributed by atoms with Crippen LogP contribution in [0.1, 0.15) is 15.9 Å². The van der Waals surface area contributed by atoms with E-state index in [0.29, 0.717) is 5.02 Å². The van der Waals surface area contributed by atoms with E-state index in [0.717, 1.165) is 16.7 Å². The molecule has 0 aliphatic rings. The van der Waals surface area contributed by atoms with Crippen molar-refractivity contribution in [2.75, 3.05) is 5.32 Å². The molecular weight excluding hydrogens is 350 g/mol. The van der Waals surface area contributed by atoms with Gasteiger partial charge in [-0.1, -0.05) is 66.2 Å². The minimum atomic E-state index is -1.12. The monoisotopic (exact) mass is 365 g/mol. The van der Waals surface area contributed by atoms with Gasteiger partial charge in [0.2, 0.25) is 5.91 Å². The number of rotatable bonds is 5. The Balaban J connectivity index is 1.71. The Bertz CT molecular complexity index is 937. The summed E-state index contributed by atoms with van der Waals surface area (Å²) in [4.78, 5) is 23.5. The smallest absolute Gasteiger partial charge is 0.337 e. The molecule has 2 N–H and O–H groups in total. The molecule has 0 atom stereocenters. The molecule has 0 unspecified atom stereocenters. The first-order valence-corrected chi connectivity index (χ1v) is 8.38. The van der Waals surface area contributed by atoms with Gasteiger partial charge >= 0.3 is 5.97 Å². The molecule has 0 aliphatic carbocycles. The number of anilines is 1. The van der Waals surface area contributed by atoms with E-state index in [1.165, 1.54) is 18.2 Å². The van der Waals surface area contributed by atoms with E-state index >= 15 is 0 Å². The van der Waals surface area contributed by atoms with Gasteiger partial charge in [0.25, 0.3) is 0 Å². The van der Waals surface area contributed by atoms with Gasteiger partial charge in [-0.3, -0.25) is 4.79 Å². The zero-order valence-electron chi connectivity index (χ0n) is 13.8. The molecule has 1 amide bonds. The van der Waals surface area contributed by atoms with E-state index in [1.54, 1.807) is 0 Å². The molecule has 5 heteroatoms. The fourth-order valence-corrected chi connectivity index (χ4v) is 2.80. The van der Waals surface area contributed by atoms with E-state index in [9.17, 15) is 14.7 Å². The van der Waals surface area contributed by atoms with Crippen molar-refractivity contribution in [2.45, 2.75) is 6.42 Å². The largest absolute Gasteiger partial charge is 0.478 e. The van der Waals surface area contributed by atoms with Crippen molar-refractivity contribution < 1.29 is 14.7 Å². The summed E-state index contributed by atoms with van der Waals surface area (Å²) in [6.45, 7) is 0. The number of benzene rings is 3. The minimum absolute atomic E-state index is 0.00201. The lowest BCUT2D eigenvalue weighted by Crippen LogP contribution is -2.16.